The number of ether oxygens (including phenoxy) is 2. The van der Waals surface area contributed by atoms with E-state index < -0.39 is 5.97 Å². The molecule has 65 heavy (non-hydrogen) atoms. The molecule has 0 saturated heterocycles. The van der Waals surface area contributed by atoms with E-state index in [1.54, 1.807) is 31.3 Å². The van der Waals surface area contributed by atoms with Gasteiger partial charge in [0.25, 0.3) is 0 Å². The van der Waals surface area contributed by atoms with Crippen molar-refractivity contribution in [2.24, 2.45) is 53.4 Å². The van der Waals surface area contributed by atoms with Crippen LogP contribution in [0.25, 0.3) is 22.3 Å². The van der Waals surface area contributed by atoms with Gasteiger partial charge in [-0.1, -0.05) is 34.6 Å². The number of aliphatic hydroxyl groups is 2. The van der Waals surface area contributed by atoms with Gasteiger partial charge in [-0.2, -0.15) is 5.10 Å². The predicted octanol–water partition coefficient (Wildman–Crippen LogP) is 7.78. The minimum atomic E-state index is -1.01. The second-order valence-corrected chi connectivity index (χ2v) is 20.3. The molecule has 10 atom stereocenters. The molecule has 0 radical (unpaired) electrons. The van der Waals surface area contributed by atoms with E-state index in [-0.39, 0.29) is 35.5 Å². The summed E-state index contributed by atoms with van der Waals surface area (Å²) in [5.41, 5.74) is 5.85. The highest BCUT2D eigenvalue weighted by Gasteiger charge is 2.62. The summed E-state index contributed by atoms with van der Waals surface area (Å²) in [6, 6.07) is 12.5. The summed E-state index contributed by atoms with van der Waals surface area (Å²) >= 11 is 0. The highest BCUT2D eigenvalue weighted by Crippen LogP contribution is 2.68. The van der Waals surface area contributed by atoms with Crippen molar-refractivity contribution in [3.8, 4) is 22.8 Å². The van der Waals surface area contributed by atoms with E-state index in [0.29, 0.717) is 48.0 Å². The molecule has 8 rings (SSSR count). The number of rotatable bonds is 15. The Labute approximate surface area is 384 Å². The number of hydrogen-bond acceptors (Lipinski definition) is 11. The maximum absolute atomic E-state index is 12.0. The molecule has 0 unspecified atom stereocenters. The molecule has 2 aromatic carbocycles. The highest BCUT2D eigenvalue weighted by atomic mass is 16.5. The van der Waals surface area contributed by atoms with Gasteiger partial charge in [-0.15, -0.1) is 0 Å². The Balaban J connectivity index is 0.000000194. The summed E-state index contributed by atoms with van der Waals surface area (Å²) in [5, 5.41) is 40.6. The number of nitrogens with zero attached hydrogens (tertiary/aromatic N) is 5. The molecule has 4 aromatic rings. The number of anilines is 2. The first-order chi connectivity index (χ1) is 31.0. The van der Waals surface area contributed by atoms with Crippen LogP contribution >= 0.6 is 0 Å². The quantitative estimate of drug-likeness (QED) is 0.0783. The lowest BCUT2D eigenvalue weighted by Crippen LogP contribution is -2.58. The Hall–Kier alpha value is -4.79. The van der Waals surface area contributed by atoms with Crippen LogP contribution in [0.2, 0.25) is 0 Å². The van der Waals surface area contributed by atoms with Gasteiger partial charge in [0.1, 0.15) is 18.0 Å². The first-order valence-corrected chi connectivity index (χ1v) is 23.9. The number of carboxylic acids is 1. The van der Waals surface area contributed by atoms with Crippen LogP contribution in [0.1, 0.15) is 98.8 Å². The summed E-state index contributed by atoms with van der Waals surface area (Å²) in [7, 11) is 5.21. The first kappa shape index (κ1) is 48.2. The van der Waals surface area contributed by atoms with Crippen LogP contribution in [0.4, 0.5) is 11.4 Å². The molecule has 0 bridgehead atoms. The maximum atomic E-state index is 12.0. The van der Waals surface area contributed by atoms with Gasteiger partial charge in [0.05, 0.1) is 55.5 Å². The average Bonchev–Trinajstić information content (AvgIpc) is 3.89. The van der Waals surface area contributed by atoms with Gasteiger partial charge in [0.2, 0.25) is 5.91 Å². The van der Waals surface area contributed by atoms with Crippen molar-refractivity contribution in [3.05, 3.63) is 55.0 Å². The third kappa shape index (κ3) is 10.6. The normalized spacial score (nSPS) is 28.6. The molecular formula is C51H73N7O7. The Bertz CT molecular complexity index is 2250. The largest absolute Gasteiger partial charge is 0.497 e. The minimum absolute atomic E-state index is 0.177. The van der Waals surface area contributed by atoms with Crippen molar-refractivity contribution < 1.29 is 34.4 Å². The maximum Gasteiger partial charge on any atom is 0.322 e. The van der Waals surface area contributed by atoms with Crippen LogP contribution < -0.4 is 25.0 Å². The lowest BCUT2D eigenvalue weighted by atomic mass is 9.43. The van der Waals surface area contributed by atoms with Crippen molar-refractivity contribution in [1.29, 1.82) is 0 Å². The summed E-state index contributed by atoms with van der Waals surface area (Å²) in [5.74, 6) is 3.14. The fraction of sp³-hybridized carbons (Fsp3) is 0.627. The molecule has 354 valence electrons. The van der Waals surface area contributed by atoms with Crippen molar-refractivity contribution in [2.75, 3.05) is 38.8 Å². The smallest absolute Gasteiger partial charge is 0.322 e. The molecule has 0 aliphatic heterocycles. The predicted molar refractivity (Wildman–Crippen MR) is 253 cm³/mol. The fourth-order valence-electron chi connectivity index (χ4n) is 12.7. The standard InChI is InChI=1S/C26H43NO5.C25H30N6O2/c1-15(4-7-22(30)27-14-23(31)32)18-5-6-19-24-20(9-11-26(18,19)3)25(2)10-8-17(28)12-16(25)13-21(24)29;1-17(2)26-8-9-31(20-10-21(32-4)13-22(11-20)33-5)19-6-7-23-24(12-19)29-25(15-27-23)18-14-28-30(3)16-18/h15-21,24,28-29H,4-14H2,1-3H3,(H,27,30)(H,31,32);6-7,10-17,26H,8-9H2,1-5H3/t15-,16+,17-,18-,19+,20+,21+,24+,25+,26-;/m1./s1. The van der Waals surface area contributed by atoms with E-state index in [2.05, 4.69) is 72.4 Å². The molecular weight excluding hydrogens is 823 g/mol. The second kappa shape index (κ2) is 20.4. The lowest BCUT2D eigenvalue weighted by molar-refractivity contribution is -0.174. The van der Waals surface area contributed by atoms with Crippen LogP contribution in [0, 0.1) is 46.3 Å². The summed E-state index contributed by atoms with van der Waals surface area (Å²) in [4.78, 5) is 34.4. The summed E-state index contributed by atoms with van der Waals surface area (Å²) in [6.45, 7) is 12.7. The number of methoxy groups -OCH3 is 2. The first-order valence-electron chi connectivity index (χ1n) is 23.9. The molecule has 1 amide bonds. The topological polar surface area (TPSA) is 184 Å². The van der Waals surface area contributed by atoms with Crippen LogP contribution in [-0.2, 0) is 16.6 Å². The Morgan fingerprint density at radius 2 is 1.63 bits per heavy atom. The van der Waals surface area contributed by atoms with Crippen molar-refractivity contribution in [3.63, 3.8) is 0 Å². The average molecular weight is 896 g/mol. The zero-order valence-electron chi connectivity index (χ0n) is 39.8. The fourth-order valence-corrected chi connectivity index (χ4v) is 12.7. The molecule has 4 fully saturated rings. The van der Waals surface area contributed by atoms with Crippen LogP contribution in [-0.4, -0.2) is 99.0 Å². The number of aryl methyl sites for hydroxylation is 1. The van der Waals surface area contributed by atoms with Crippen molar-refractivity contribution >= 4 is 34.3 Å². The monoisotopic (exact) mass is 896 g/mol. The number of carbonyl (C=O) groups is 2. The van der Waals surface area contributed by atoms with Gasteiger partial charge in [-0.25, -0.2) is 4.98 Å². The number of nitrogens with one attached hydrogen (secondary N) is 2. The van der Waals surface area contributed by atoms with Gasteiger partial charge in [0, 0.05) is 73.9 Å². The number of aliphatic hydroxyl groups excluding tert-OH is 2. The number of fused-ring (bicyclic) bond motifs is 6. The SMILES string of the molecule is COc1cc(OC)cc(N(CCNC(C)C)c2ccc3ncc(-c4cnn(C)c4)nc3c2)c1.C[C@H](CCC(=O)NCC(=O)O)[C@H]1CC[C@H]2[C@@H]3[C@@H](O)C[C@@H]4C[C@H](O)CC[C@]4(C)[C@H]3CC[C@]12C. The molecule has 14 heteroatoms. The van der Waals surface area contributed by atoms with Gasteiger partial charge in [-0.05, 0) is 122 Å². The number of aliphatic carboxylic acids is 1. The molecule has 2 heterocycles. The number of carbonyl (C=O) groups excluding carboxylic acids is 1. The van der Waals surface area contributed by atoms with Gasteiger partial charge < -0.3 is 40.3 Å². The Morgan fingerprint density at radius 1 is 0.908 bits per heavy atom. The van der Waals surface area contributed by atoms with Crippen molar-refractivity contribution in [2.45, 2.75) is 117 Å². The molecule has 4 aliphatic rings. The summed E-state index contributed by atoms with van der Waals surface area (Å²) in [6.07, 6.45) is 14.6. The molecule has 0 spiro atoms. The number of amides is 1. The van der Waals surface area contributed by atoms with Gasteiger partial charge in [0.15, 0.2) is 0 Å². The third-order valence-electron chi connectivity index (χ3n) is 16.1. The van der Waals surface area contributed by atoms with E-state index in [1.165, 1.54) is 12.8 Å². The van der Waals surface area contributed by atoms with Gasteiger partial charge >= 0.3 is 5.97 Å². The van der Waals surface area contributed by atoms with Crippen LogP contribution in [0.5, 0.6) is 11.5 Å². The lowest BCUT2D eigenvalue weighted by Gasteiger charge is -2.62. The number of carboxylic acid groups (broad SMARTS) is 1. The zero-order chi connectivity index (χ0) is 46.6. The van der Waals surface area contributed by atoms with E-state index in [4.69, 9.17) is 19.6 Å². The molecule has 5 N–H and O–H groups in total. The number of aromatic nitrogens is 4. The van der Waals surface area contributed by atoms with E-state index in [1.807, 2.05) is 37.5 Å². The molecule has 4 aliphatic carbocycles. The van der Waals surface area contributed by atoms with E-state index in [0.717, 1.165) is 103 Å². The Kier molecular flexibility index (Phi) is 15.1. The highest BCUT2D eigenvalue weighted by molar-refractivity contribution is 5.83. The molecule has 4 saturated carbocycles. The zero-order valence-corrected chi connectivity index (χ0v) is 39.8. The molecule has 14 nitrogen and oxygen atoms in total. The van der Waals surface area contributed by atoms with Crippen molar-refractivity contribution in [1.82, 2.24) is 30.4 Å². The summed E-state index contributed by atoms with van der Waals surface area (Å²) < 4.78 is 12.8. The van der Waals surface area contributed by atoms with Gasteiger partial charge in [-0.3, -0.25) is 19.3 Å². The minimum Gasteiger partial charge on any atom is -0.497 e. The third-order valence-corrected chi connectivity index (χ3v) is 16.1. The van der Waals surface area contributed by atoms with Crippen LogP contribution in [0.3, 0.4) is 0 Å². The number of benzene rings is 2. The Morgan fingerprint density at radius 3 is 2.31 bits per heavy atom. The number of hydrogen-bond donors (Lipinski definition) is 5. The van der Waals surface area contributed by atoms with Crippen LogP contribution in [0.15, 0.2) is 55.0 Å². The molecule has 2 aromatic heterocycles. The van der Waals surface area contributed by atoms with E-state index >= 15 is 0 Å². The van der Waals surface area contributed by atoms with E-state index in [9.17, 15) is 19.8 Å². The second-order valence-electron chi connectivity index (χ2n) is 20.3.